The Labute approximate surface area is 168 Å². The first-order valence-corrected chi connectivity index (χ1v) is 9.41. The van der Waals surface area contributed by atoms with Crippen LogP contribution in [0.3, 0.4) is 0 Å². The van der Waals surface area contributed by atoms with E-state index in [2.05, 4.69) is 15.6 Å². The minimum absolute atomic E-state index is 0.00000628. The Morgan fingerprint density at radius 2 is 1.93 bits per heavy atom. The molecule has 1 aromatic heterocycles. The molecule has 2 aromatic carbocycles. The molecule has 0 aliphatic rings. The molecule has 0 unspecified atom stereocenters. The first kappa shape index (κ1) is 19.8. The number of nitro benzene ring substituents is 1. The number of thiazole rings is 1. The number of aromatic nitrogens is 1. The van der Waals surface area contributed by atoms with Crippen molar-refractivity contribution in [3.05, 3.63) is 75.2 Å². The highest BCUT2D eigenvalue weighted by atomic mass is 32.1. The molecule has 1 heterocycles. The molecule has 10 heteroatoms. The highest BCUT2D eigenvalue weighted by Gasteiger charge is 2.11. The van der Waals surface area contributed by atoms with Gasteiger partial charge < -0.3 is 10.6 Å². The van der Waals surface area contributed by atoms with Gasteiger partial charge >= 0.3 is 0 Å². The summed E-state index contributed by atoms with van der Waals surface area (Å²) in [5.41, 5.74) is 1.18. The predicted octanol–water partition coefficient (Wildman–Crippen LogP) is 4.53. The molecule has 0 saturated carbocycles. The molecule has 144 valence electrons. The van der Waals surface area contributed by atoms with Crippen LogP contribution >= 0.6 is 23.6 Å². The third-order valence-electron chi connectivity index (χ3n) is 3.80. The number of halogens is 2. The largest absolute Gasteiger partial charge is 0.362 e. The summed E-state index contributed by atoms with van der Waals surface area (Å²) in [6.07, 6.45) is 0.136. The fourth-order valence-corrected chi connectivity index (χ4v) is 3.44. The average molecular weight is 420 g/mol. The van der Waals surface area contributed by atoms with Crippen molar-refractivity contribution in [2.45, 2.75) is 6.42 Å². The third-order valence-corrected chi connectivity index (χ3v) is 4.80. The fraction of sp³-hybridized carbons (Fsp3) is 0.111. The molecule has 3 aromatic rings. The van der Waals surface area contributed by atoms with Crippen LogP contribution in [0, 0.1) is 21.7 Å². The quantitative estimate of drug-likeness (QED) is 0.347. The van der Waals surface area contributed by atoms with E-state index in [1.54, 1.807) is 17.5 Å². The summed E-state index contributed by atoms with van der Waals surface area (Å²) in [5, 5.41) is 19.2. The van der Waals surface area contributed by atoms with Gasteiger partial charge in [-0.15, -0.1) is 11.3 Å². The molecule has 0 fully saturated rings. The lowest BCUT2D eigenvalue weighted by Crippen LogP contribution is -2.30. The van der Waals surface area contributed by atoms with E-state index in [4.69, 9.17) is 12.2 Å². The van der Waals surface area contributed by atoms with Gasteiger partial charge in [-0.1, -0.05) is 18.2 Å². The maximum Gasteiger partial charge on any atom is 0.270 e. The van der Waals surface area contributed by atoms with Crippen molar-refractivity contribution < 1.29 is 13.7 Å². The topological polar surface area (TPSA) is 80.1 Å². The summed E-state index contributed by atoms with van der Waals surface area (Å²) in [4.78, 5) is 14.8. The molecule has 0 atom stereocenters. The van der Waals surface area contributed by atoms with Crippen molar-refractivity contribution in [1.82, 2.24) is 10.3 Å². The van der Waals surface area contributed by atoms with Crippen LogP contribution in [-0.2, 0) is 6.42 Å². The molecule has 0 aliphatic carbocycles. The van der Waals surface area contributed by atoms with E-state index >= 15 is 0 Å². The van der Waals surface area contributed by atoms with E-state index in [0.717, 1.165) is 0 Å². The van der Waals surface area contributed by atoms with Crippen molar-refractivity contribution in [1.29, 1.82) is 0 Å². The predicted molar refractivity (Wildman–Crippen MR) is 108 cm³/mol. The summed E-state index contributed by atoms with van der Waals surface area (Å²) >= 11 is 6.45. The fourth-order valence-electron chi connectivity index (χ4n) is 2.46. The Hall–Kier alpha value is -2.98. The van der Waals surface area contributed by atoms with Crippen LogP contribution in [0.25, 0.3) is 11.3 Å². The standard InChI is InChI=1S/C18H14F2N4O2S2/c19-14-5-2-6-15(20)13(14)7-8-21-17(27)23-18-22-16(10-28-18)11-3-1-4-12(9-11)24(25)26/h1-6,9-10H,7-8H2,(H2,21,22,23,27). The van der Waals surface area contributed by atoms with Gasteiger partial charge in [0.15, 0.2) is 10.2 Å². The van der Waals surface area contributed by atoms with Crippen molar-refractivity contribution in [2.75, 3.05) is 11.9 Å². The van der Waals surface area contributed by atoms with Gasteiger partial charge in [0, 0.05) is 35.2 Å². The Morgan fingerprint density at radius 3 is 2.64 bits per heavy atom. The molecule has 0 spiro atoms. The van der Waals surface area contributed by atoms with E-state index in [9.17, 15) is 18.9 Å². The smallest absolute Gasteiger partial charge is 0.270 e. The summed E-state index contributed by atoms with van der Waals surface area (Å²) < 4.78 is 27.2. The maximum absolute atomic E-state index is 13.6. The van der Waals surface area contributed by atoms with Crippen LogP contribution < -0.4 is 10.6 Å². The zero-order valence-electron chi connectivity index (χ0n) is 14.3. The van der Waals surface area contributed by atoms with Crippen molar-refractivity contribution in [3.63, 3.8) is 0 Å². The highest BCUT2D eigenvalue weighted by Crippen LogP contribution is 2.27. The molecule has 0 bridgehead atoms. The molecular formula is C18H14F2N4O2S2. The van der Waals surface area contributed by atoms with Crippen LogP contribution in [0.4, 0.5) is 19.6 Å². The van der Waals surface area contributed by atoms with Gasteiger partial charge in [0.25, 0.3) is 5.69 Å². The normalized spacial score (nSPS) is 10.5. The minimum atomic E-state index is -0.595. The monoisotopic (exact) mass is 420 g/mol. The summed E-state index contributed by atoms with van der Waals surface area (Å²) in [6, 6.07) is 9.90. The lowest BCUT2D eigenvalue weighted by atomic mass is 10.1. The number of nitrogens with zero attached hydrogens (tertiary/aromatic N) is 2. The summed E-state index contributed by atoms with van der Waals surface area (Å²) in [6.45, 7) is 0.243. The van der Waals surface area contributed by atoms with Gasteiger partial charge in [-0.05, 0) is 30.8 Å². The van der Waals surface area contributed by atoms with Crippen LogP contribution in [0.15, 0.2) is 47.8 Å². The highest BCUT2D eigenvalue weighted by molar-refractivity contribution is 7.80. The molecule has 28 heavy (non-hydrogen) atoms. The number of rotatable bonds is 6. The Kier molecular flexibility index (Phi) is 6.22. The number of non-ortho nitro benzene ring substituents is 1. The van der Waals surface area contributed by atoms with Gasteiger partial charge in [0.2, 0.25) is 0 Å². The number of thiocarbonyl (C=S) groups is 1. The van der Waals surface area contributed by atoms with E-state index in [1.807, 2.05) is 0 Å². The van der Waals surface area contributed by atoms with Gasteiger partial charge in [-0.25, -0.2) is 13.8 Å². The number of hydrogen-bond acceptors (Lipinski definition) is 5. The van der Waals surface area contributed by atoms with E-state index in [-0.39, 0.29) is 29.3 Å². The zero-order valence-corrected chi connectivity index (χ0v) is 15.9. The molecule has 0 saturated heterocycles. The number of nitrogens with one attached hydrogen (secondary N) is 2. The number of nitro groups is 1. The molecular weight excluding hydrogens is 406 g/mol. The first-order valence-electron chi connectivity index (χ1n) is 8.12. The van der Waals surface area contributed by atoms with Crippen molar-refractivity contribution in [2.24, 2.45) is 0 Å². The molecule has 6 nitrogen and oxygen atoms in total. The third kappa shape index (κ3) is 4.84. The average Bonchev–Trinajstić information content (AvgIpc) is 3.12. The van der Waals surface area contributed by atoms with Crippen molar-refractivity contribution >= 4 is 39.5 Å². The number of benzene rings is 2. The lowest BCUT2D eigenvalue weighted by molar-refractivity contribution is -0.384. The molecule has 0 aliphatic heterocycles. The van der Waals surface area contributed by atoms with Crippen LogP contribution in [0.5, 0.6) is 0 Å². The summed E-state index contributed by atoms with van der Waals surface area (Å²) in [7, 11) is 0. The van der Waals surface area contributed by atoms with E-state index in [1.165, 1.54) is 41.7 Å². The van der Waals surface area contributed by atoms with Gasteiger partial charge in [-0.2, -0.15) is 0 Å². The Bertz CT molecular complexity index is 1010. The van der Waals surface area contributed by atoms with Crippen LogP contribution in [-0.4, -0.2) is 21.6 Å². The summed E-state index contributed by atoms with van der Waals surface area (Å²) in [5.74, 6) is -1.19. The molecule has 3 rings (SSSR count). The second-order valence-corrected chi connectivity index (χ2v) is 6.94. The maximum atomic E-state index is 13.6. The zero-order chi connectivity index (χ0) is 20.1. The van der Waals surface area contributed by atoms with Crippen molar-refractivity contribution in [3.8, 4) is 11.3 Å². The van der Waals surface area contributed by atoms with E-state index < -0.39 is 16.6 Å². The van der Waals surface area contributed by atoms with Crippen LogP contribution in [0.1, 0.15) is 5.56 Å². The lowest BCUT2D eigenvalue weighted by Gasteiger charge is -2.09. The minimum Gasteiger partial charge on any atom is -0.362 e. The Morgan fingerprint density at radius 1 is 1.21 bits per heavy atom. The van der Waals surface area contributed by atoms with Crippen LogP contribution in [0.2, 0.25) is 0 Å². The van der Waals surface area contributed by atoms with Gasteiger partial charge in [-0.3, -0.25) is 10.1 Å². The molecule has 0 amide bonds. The van der Waals surface area contributed by atoms with Gasteiger partial charge in [0.1, 0.15) is 11.6 Å². The first-order chi connectivity index (χ1) is 13.4. The number of hydrogen-bond donors (Lipinski definition) is 2. The SMILES string of the molecule is O=[N+]([O-])c1cccc(-c2csc(NC(=S)NCCc3c(F)cccc3F)n2)c1. The van der Waals surface area contributed by atoms with E-state index in [0.29, 0.717) is 16.4 Å². The second-order valence-electron chi connectivity index (χ2n) is 5.68. The Balaban J connectivity index is 1.57. The molecule has 2 N–H and O–H groups in total. The molecule has 0 radical (unpaired) electrons. The number of anilines is 1. The second kappa shape index (κ2) is 8.81. The van der Waals surface area contributed by atoms with Gasteiger partial charge in [0.05, 0.1) is 10.6 Å².